The third kappa shape index (κ3) is 9.88. The van der Waals surface area contributed by atoms with Crippen molar-refractivity contribution in [2.24, 2.45) is 5.73 Å². The van der Waals surface area contributed by atoms with E-state index in [1.807, 2.05) is 0 Å². The summed E-state index contributed by atoms with van der Waals surface area (Å²) in [4.78, 5) is 0. The first-order valence-electron chi connectivity index (χ1n) is 4.80. The van der Waals surface area contributed by atoms with Gasteiger partial charge < -0.3 is 10.2 Å². The molecular formula is C9H21NO2. The van der Waals surface area contributed by atoms with Crippen LogP contribution in [0.15, 0.2) is 0 Å². The molecule has 4 N–H and O–H groups in total. The summed E-state index contributed by atoms with van der Waals surface area (Å²) < 4.78 is 0. The second-order valence-electron chi connectivity index (χ2n) is 3.40. The Bertz CT molecular complexity index is 99.2. The summed E-state index contributed by atoms with van der Waals surface area (Å²) in [5.74, 6) is -1.95. The van der Waals surface area contributed by atoms with Crippen LogP contribution in [-0.2, 0) is 0 Å². The SMILES string of the molecule is CCCCCCCCC(N)(O)O. The zero-order valence-electron chi connectivity index (χ0n) is 7.92. The van der Waals surface area contributed by atoms with Crippen LogP contribution < -0.4 is 5.73 Å². The second-order valence-corrected chi connectivity index (χ2v) is 3.40. The molecule has 0 amide bonds. The fourth-order valence-corrected chi connectivity index (χ4v) is 1.17. The minimum atomic E-state index is -1.95. The van der Waals surface area contributed by atoms with E-state index in [1.54, 1.807) is 0 Å². The predicted octanol–water partition coefficient (Wildman–Crippen LogP) is 1.33. The average molecular weight is 175 g/mol. The maximum Gasteiger partial charge on any atom is 0.219 e. The molecule has 0 heterocycles. The quantitative estimate of drug-likeness (QED) is 0.404. The lowest BCUT2D eigenvalue weighted by Gasteiger charge is -2.14. The Morgan fingerprint density at radius 1 is 1.00 bits per heavy atom. The summed E-state index contributed by atoms with van der Waals surface area (Å²) in [6.07, 6.45) is 7.04. The first-order valence-corrected chi connectivity index (χ1v) is 4.80. The van der Waals surface area contributed by atoms with Crippen LogP contribution in [0, 0.1) is 0 Å². The van der Waals surface area contributed by atoms with E-state index >= 15 is 0 Å². The van der Waals surface area contributed by atoms with Gasteiger partial charge in [0, 0.05) is 6.42 Å². The molecular weight excluding hydrogens is 154 g/mol. The van der Waals surface area contributed by atoms with E-state index in [1.165, 1.54) is 25.7 Å². The molecule has 3 heteroatoms. The van der Waals surface area contributed by atoms with E-state index in [-0.39, 0.29) is 6.42 Å². The summed E-state index contributed by atoms with van der Waals surface area (Å²) >= 11 is 0. The van der Waals surface area contributed by atoms with E-state index < -0.39 is 5.91 Å². The van der Waals surface area contributed by atoms with Crippen molar-refractivity contribution >= 4 is 0 Å². The number of nitrogens with two attached hydrogens (primary N) is 1. The smallest absolute Gasteiger partial charge is 0.219 e. The van der Waals surface area contributed by atoms with Crippen molar-refractivity contribution in [3.05, 3.63) is 0 Å². The topological polar surface area (TPSA) is 66.5 Å². The van der Waals surface area contributed by atoms with Crippen molar-refractivity contribution < 1.29 is 10.2 Å². The summed E-state index contributed by atoms with van der Waals surface area (Å²) in [5, 5.41) is 17.5. The van der Waals surface area contributed by atoms with Gasteiger partial charge in [0.15, 0.2) is 0 Å². The van der Waals surface area contributed by atoms with Crippen LogP contribution >= 0.6 is 0 Å². The van der Waals surface area contributed by atoms with Crippen LogP contribution in [-0.4, -0.2) is 16.1 Å². The zero-order chi connectivity index (χ0) is 9.45. The minimum absolute atomic E-state index is 0.277. The molecule has 0 aromatic carbocycles. The molecule has 3 nitrogen and oxygen atoms in total. The Labute approximate surface area is 74.6 Å². The summed E-state index contributed by atoms with van der Waals surface area (Å²) in [6.45, 7) is 2.17. The molecule has 0 aromatic rings. The third-order valence-electron chi connectivity index (χ3n) is 1.90. The Morgan fingerprint density at radius 2 is 1.50 bits per heavy atom. The Kier molecular flexibility index (Phi) is 6.34. The van der Waals surface area contributed by atoms with Gasteiger partial charge in [-0.15, -0.1) is 0 Å². The van der Waals surface area contributed by atoms with Crippen molar-refractivity contribution in [1.29, 1.82) is 0 Å². The van der Waals surface area contributed by atoms with Crippen molar-refractivity contribution in [1.82, 2.24) is 0 Å². The second kappa shape index (κ2) is 6.40. The molecule has 0 saturated carbocycles. The van der Waals surface area contributed by atoms with E-state index in [0.29, 0.717) is 0 Å². The van der Waals surface area contributed by atoms with Gasteiger partial charge in [0.25, 0.3) is 0 Å². The van der Waals surface area contributed by atoms with Crippen LogP contribution in [0.2, 0.25) is 0 Å². The molecule has 0 bridgehead atoms. The zero-order valence-corrected chi connectivity index (χ0v) is 7.92. The lowest BCUT2D eigenvalue weighted by atomic mass is 10.1. The summed E-state index contributed by atoms with van der Waals surface area (Å²) in [5.41, 5.74) is 4.99. The maximum atomic E-state index is 8.75. The van der Waals surface area contributed by atoms with E-state index in [2.05, 4.69) is 6.92 Å². The fraction of sp³-hybridized carbons (Fsp3) is 1.00. The number of rotatable bonds is 7. The van der Waals surface area contributed by atoms with E-state index in [4.69, 9.17) is 15.9 Å². The first-order chi connectivity index (χ1) is 5.56. The molecule has 0 radical (unpaired) electrons. The van der Waals surface area contributed by atoms with Gasteiger partial charge >= 0.3 is 0 Å². The summed E-state index contributed by atoms with van der Waals surface area (Å²) in [7, 11) is 0. The van der Waals surface area contributed by atoms with E-state index in [0.717, 1.165) is 12.8 Å². The Morgan fingerprint density at radius 3 is 2.00 bits per heavy atom. The highest BCUT2D eigenvalue weighted by Gasteiger charge is 2.13. The van der Waals surface area contributed by atoms with Gasteiger partial charge in [0.05, 0.1) is 0 Å². The molecule has 0 spiro atoms. The molecule has 0 saturated heterocycles. The molecule has 0 aliphatic heterocycles. The van der Waals surface area contributed by atoms with Crippen LogP contribution in [0.5, 0.6) is 0 Å². The van der Waals surface area contributed by atoms with Crippen molar-refractivity contribution in [2.75, 3.05) is 0 Å². The number of hydrogen-bond donors (Lipinski definition) is 3. The van der Waals surface area contributed by atoms with Gasteiger partial charge in [-0.05, 0) is 6.42 Å². The lowest BCUT2D eigenvalue weighted by molar-refractivity contribution is -0.160. The van der Waals surface area contributed by atoms with Crippen LogP contribution in [0.1, 0.15) is 51.9 Å². The van der Waals surface area contributed by atoms with Gasteiger partial charge in [0.1, 0.15) is 0 Å². The van der Waals surface area contributed by atoms with Crippen molar-refractivity contribution in [2.45, 2.75) is 57.8 Å². The van der Waals surface area contributed by atoms with Crippen LogP contribution in [0.3, 0.4) is 0 Å². The molecule has 0 atom stereocenters. The van der Waals surface area contributed by atoms with Gasteiger partial charge in [-0.1, -0.05) is 39.0 Å². The highest BCUT2D eigenvalue weighted by atomic mass is 16.5. The van der Waals surface area contributed by atoms with Gasteiger partial charge in [-0.3, -0.25) is 5.73 Å². The average Bonchev–Trinajstić information content (AvgIpc) is 1.94. The van der Waals surface area contributed by atoms with Crippen LogP contribution in [0.25, 0.3) is 0 Å². The van der Waals surface area contributed by atoms with E-state index in [9.17, 15) is 0 Å². The molecule has 0 fully saturated rings. The number of hydrogen-bond acceptors (Lipinski definition) is 3. The first kappa shape index (κ1) is 11.9. The highest BCUT2D eigenvalue weighted by Crippen LogP contribution is 2.09. The molecule has 0 aliphatic rings. The molecule has 0 aromatic heterocycles. The molecule has 0 unspecified atom stereocenters. The van der Waals surface area contributed by atoms with Crippen LogP contribution in [0.4, 0.5) is 0 Å². The predicted molar refractivity (Wildman–Crippen MR) is 49.3 cm³/mol. The number of aliphatic hydroxyl groups is 2. The normalized spacial score (nSPS) is 12.0. The Hall–Kier alpha value is -0.120. The van der Waals surface area contributed by atoms with Gasteiger partial charge in [-0.25, -0.2) is 0 Å². The Balaban J connectivity index is 3.01. The standard InChI is InChI=1S/C9H21NO2/c1-2-3-4-5-6-7-8-9(10,11)12/h11-12H,2-8,10H2,1H3. The largest absolute Gasteiger partial charge is 0.354 e. The van der Waals surface area contributed by atoms with Crippen molar-refractivity contribution in [3.8, 4) is 0 Å². The maximum absolute atomic E-state index is 8.75. The molecule has 12 heavy (non-hydrogen) atoms. The van der Waals surface area contributed by atoms with Crippen molar-refractivity contribution in [3.63, 3.8) is 0 Å². The third-order valence-corrected chi connectivity index (χ3v) is 1.90. The molecule has 0 aliphatic carbocycles. The lowest BCUT2D eigenvalue weighted by Crippen LogP contribution is -2.38. The van der Waals surface area contributed by atoms with Gasteiger partial charge in [-0.2, -0.15) is 0 Å². The monoisotopic (exact) mass is 175 g/mol. The molecule has 74 valence electrons. The highest BCUT2D eigenvalue weighted by molar-refractivity contribution is 4.54. The van der Waals surface area contributed by atoms with Gasteiger partial charge in [0.2, 0.25) is 5.91 Å². The molecule has 0 rings (SSSR count). The fourth-order valence-electron chi connectivity index (χ4n) is 1.17. The minimum Gasteiger partial charge on any atom is -0.354 e. The summed E-state index contributed by atoms with van der Waals surface area (Å²) in [6, 6.07) is 0. The number of unbranched alkanes of at least 4 members (excludes halogenated alkanes) is 5.